The van der Waals surface area contributed by atoms with Gasteiger partial charge < -0.3 is 4.98 Å². The van der Waals surface area contributed by atoms with Gasteiger partial charge in [0.2, 0.25) is 0 Å². The molecule has 0 aliphatic carbocycles. The van der Waals surface area contributed by atoms with Crippen LogP contribution in [-0.4, -0.2) is 4.98 Å². The lowest BCUT2D eigenvalue weighted by atomic mass is 9.93. The molecule has 3 aromatic heterocycles. The molecule has 6 aromatic carbocycles. The lowest BCUT2D eigenvalue weighted by Gasteiger charge is -2.11. The number of benzene rings is 6. The van der Waals surface area contributed by atoms with Crippen LogP contribution in [0.3, 0.4) is 0 Å². The van der Waals surface area contributed by atoms with Crippen molar-refractivity contribution in [1.29, 1.82) is 0 Å². The van der Waals surface area contributed by atoms with Gasteiger partial charge in [0, 0.05) is 62.2 Å². The van der Waals surface area contributed by atoms with Crippen LogP contribution in [0, 0.1) is 17.8 Å². The predicted molar refractivity (Wildman–Crippen MR) is 237 cm³/mol. The minimum Gasteiger partial charge on any atom is -0.355 e. The van der Waals surface area contributed by atoms with Gasteiger partial charge in [0.1, 0.15) is 0 Å². The van der Waals surface area contributed by atoms with Crippen LogP contribution >= 0.6 is 22.7 Å². The molecule has 9 aromatic rings. The number of aromatic nitrogens is 1. The molecule has 0 saturated heterocycles. The SMILES string of the molecule is CCc1cc(-c2ccc3[nH]c4ccc(-c5cc(CC(C)C)cc6c5sc5ccc(CC(C)C)cc56)cc4c3c2)c2sc3ccc(CC(C)C)cc3c2c1. The highest BCUT2D eigenvalue weighted by atomic mass is 32.1. The number of nitrogens with one attached hydrogen (secondary N) is 1. The molecule has 0 radical (unpaired) electrons. The summed E-state index contributed by atoms with van der Waals surface area (Å²) in [5, 5.41) is 8.20. The quantitative estimate of drug-likeness (QED) is 0.152. The van der Waals surface area contributed by atoms with Crippen LogP contribution in [0.1, 0.15) is 70.7 Å². The normalized spacial score (nSPS) is 12.5. The van der Waals surface area contributed by atoms with Crippen LogP contribution in [0.5, 0.6) is 0 Å². The van der Waals surface area contributed by atoms with Crippen molar-refractivity contribution >= 4 is 84.8 Å². The number of aromatic amines is 1. The molecule has 3 heteroatoms. The molecular weight excluding hydrogens is 679 g/mol. The van der Waals surface area contributed by atoms with E-state index < -0.39 is 0 Å². The number of thiophene rings is 2. The van der Waals surface area contributed by atoms with Crippen LogP contribution in [-0.2, 0) is 25.7 Å². The highest BCUT2D eigenvalue weighted by Gasteiger charge is 2.18. The van der Waals surface area contributed by atoms with Crippen LogP contribution in [0.2, 0.25) is 0 Å². The van der Waals surface area contributed by atoms with Crippen molar-refractivity contribution < 1.29 is 0 Å². The van der Waals surface area contributed by atoms with Gasteiger partial charge in [-0.2, -0.15) is 0 Å². The summed E-state index contributed by atoms with van der Waals surface area (Å²) >= 11 is 3.90. The molecule has 0 aliphatic heterocycles. The minimum atomic E-state index is 0.594. The zero-order chi connectivity index (χ0) is 36.5. The minimum absolute atomic E-state index is 0.594. The van der Waals surface area contributed by atoms with Gasteiger partial charge >= 0.3 is 0 Å². The molecule has 0 unspecified atom stereocenters. The Kier molecular flexibility index (Phi) is 8.71. The van der Waals surface area contributed by atoms with Crippen molar-refractivity contribution in [2.75, 3.05) is 0 Å². The van der Waals surface area contributed by atoms with Crippen molar-refractivity contribution in [2.24, 2.45) is 17.8 Å². The zero-order valence-electron chi connectivity index (χ0n) is 32.1. The van der Waals surface area contributed by atoms with Crippen molar-refractivity contribution in [3.63, 3.8) is 0 Å². The van der Waals surface area contributed by atoms with Crippen LogP contribution in [0.4, 0.5) is 0 Å². The first-order valence-corrected chi connectivity index (χ1v) is 21.3. The molecule has 53 heavy (non-hydrogen) atoms. The van der Waals surface area contributed by atoms with Crippen LogP contribution < -0.4 is 0 Å². The fourth-order valence-electron chi connectivity index (χ4n) is 8.62. The monoisotopic (exact) mass is 727 g/mol. The Morgan fingerprint density at radius 1 is 0.434 bits per heavy atom. The van der Waals surface area contributed by atoms with Crippen molar-refractivity contribution in [2.45, 2.75) is 74.1 Å². The number of hydrogen-bond acceptors (Lipinski definition) is 2. The van der Waals surface area contributed by atoms with Gasteiger partial charge in [0.15, 0.2) is 0 Å². The first-order chi connectivity index (χ1) is 25.6. The second-order valence-corrected chi connectivity index (χ2v) is 18.8. The van der Waals surface area contributed by atoms with E-state index in [-0.39, 0.29) is 0 Å². The van der Waals surface area contributed by atoms with E-state index in [4.69, 9.17) is 0 Å². The highest BCUT2D eigenvalue weighted by Crippen LogP contribution is 2.45. The number of H-pyrrole nitrogens is 1. The predicted octanol–water partition coefficient (Wildman–Crippen LogP) is 15.5. The first-order valence-electron chi connectivity index (χ1n) is 19.6. The molecule has 0 atom stereocenters. The Morgan fingerprint density at radius 3 is 1.34 bits per heavy atom. The molecule has 0 saturated carbocycles. The Bertz CT molecular complexity index is 2840. The molecule has 1 N–H and O–H groups in total. The maximum absolute atomic E-state index is 3.76. The highest BCUT2D eigenvalue weighted by molar-refractivity contribution is 7.26. The topological polar surface area (TPSA) is 15.8 Å². The molecule has 0 amide bonds. The van der Waals surface area contributed by atoms with E-state index in [9.17, 15) is 0 Å². The fraction of sp³-hybridized carbons (Fsp3) is 0.280. The first kappa shape index (κ1) is 34.3. The Morgan fingerprint density at radius 2 is 0.868 bits per heavy atom. The van der Waals surface area contributed by atoms with Gasteiger partial charge in [-0.15, -0.1) is 22.7 Å². The Hall–Kier alpha value is -4.44. The molecule has 266 valence electrons. The molecule has 0 spiro atoms. The summed E-state index contributed by atoms with van der Waals surface area (Å²) in [5.74, 6) is 1.88. The lowest BCUT2D eigenvalue weighted by Crippen LogP contribution is -1.95. The number of aryl methyl sites for hydroxylation is 1. The molecule has 0 fully saturated rings. The van der Waals surface area contributed by atoms with E-state index in [1.54, 1.807) is 0 Å². The summed E-state index contributed by atoms with van der Waals surface area (Å²) in [6, 6.07) is 38.3. The maximum Gasteiger partial charge on any atom is 0.0465 e. The summed E-state index contributed by atoms with van der Waals surface area (Å²) in [5.41, 5.74) is 13.4. The number of rotatable bonds is 9. The second-order valence-electron chi connectivity index (χ2n) is 16.7. The Balaban J connectivity index is 1.21. The summed E-state index contributed by atoms with van der Waals surface area (Å²) in [6.45, 7) is 16.2. The van der Waals surface area contributed by atoms with Gasteiger partial charge in [-0.05, 0) is 161 Å². The third-order valence-corrected chi connectivity index (χ3v) is 13.4. The lowest BCUT2D eigenvalue weighted by molar-refractivity contribution is 0.647. The largest absolute Gasteiger partial charge is 0.355 e. The van der Waals surface area contributed by atoms with Gasteiger partial charge in [-0.25, -0.2) is 0 Å². The molecular formula is C50H49NS2. The van der Waals surface area contributed by atoms with Crippen LogP contribution in [0.15, 0.2) is 97.1 Å². The molecule has 1 nitrogen and oxygen atoms in total. The summed E-state index contributed by atoms with van der Waals surface area (Å²) in [4.78, 5) is 3.76. The fourth-order valence-corrected chi connectivity index (χ4v) is 11.0. The van der Waals surface area contributed by atoms with Gasteiger partial charge in [0.25, 0.3) is 0 Å². The second kappa shape index (κ2) is 13.4. The Labute approximate surface area is 321 Å². The third-order valence-electron chi connectivity index (χ3n) is 11.0. The summed E-state index contributed by atoms with van der Waals surface area (Å²) < 4.78 is 5.55. The molecule has 0 bridgehead atoms. The van der Waals surface area contributed by atoms with Crippen molar-refractivity contribution in [3.05, 3.63) is 119 Å². The van der Waals surface area contributed by atoms with Crippen molar-refractivity contribution in [3.8, 4) is 22.3 Å². The molecule has 9 rings (SSSR count). The third kappa shape index (κ3) is 6.26. The van der Waals surface area contributed by atoms with Gasteiger partial charge in [-0.1, -0.05) is 72.7 Å². The van der Waals surface area contributed by atoms with Gasteiger partial charge in [-0.3, -0.25) is 0 Å². The summed E-state index contributed by atoms with van der Waals surface area (Å²) in [7, 11) is 0. The average Bonchev–Trinajstić information content (AvgIpc) is 3.80. The van der Waals surface area contributed by atoms with Gasteiger partial charge in [0.05, 0.1) is 0 Å². The van der Waals surface area contributed by atoms with E-state index >= 15 is 0 Å². The standard InChI is InChI=1S/C50H49NS2/c1-8-31-20-37(49-43(21-31)41-22-32(17-28(2)3)9-15-47(41)52-49)35-11-13-45-39(26-35)40-27-36(12-14-46(40)51-45)38-24-34(19-30(6)7)25-44-42-23-33(18-29(4)5)10-16-48(42)53-50(38)44/h9-16,20-30,51H,8,17-19H2,1-7H3. The van der Waals surface area contributed by atoms with E-state index in [1.165, 1.54) is 107 Å². The molecule has 0 aliphatic rings. The van der Waals surface area contributed by atoms with Crippen molar-refractivity contribution in [1.82, 2.24) is 4.98 Å². The van der Waals surface area contributed by atoms with E-state index in [0.717, 1.165) is 25.7 Å². The maximum atomic E-state index is 3.76. The number of hydrogen-bond donors (Lipinski definition) is 1. The van der Waals surface area contributed by atoms with Crippen LogP contribution in [0.25, 0.3) is 84.4 Å². The van der Waals surface area contributed by atoms with E-state index in [0.29, 0.717) is 17.8 Å². The number of fused-ring (bicyclic) bond motifs is 9. The van der Waals surface area contributed by atoms with E-state index in [2.05, 4.69) is 151 Å². The smallest absolute Gasteiger partial charge is 0.0465 e. The zero-order valence-corrected chi connectivity index (χ0v) is 33.7. The summed E-state index contributed by atoms with van der Waals surface area (Å²) in [6.07, 6.45) is 4.32. The molecule has 3 heterocycles. The average molecular weight is 728 g/mol. The van der Waals surface area contributed by atoms with E-state index in [1.807, 2.05) is 22.7 Å².